The molecular weight excluding hydrogens is 293 g/mol. The number of alkyl halides is 1. The lowest BCUT2D eigenvalue weighted by Crippen LogP contribution is -2.22. The van der Waals surface area contributed by atoms with Crippen LogP contribution in [0, 0.1) is 12.7 Å². The van der Waals surface area contributed by atoms with Crippen LogP contribution in [0.5, 0.6) is 0 Å². The normalized spacial score (nSPS) is 11.2. The molecule has 0 atom stereocenters. The Morgan fingerprint density at radius 1 is 1.38 bits per heavy atom. The van der Waals surface area contributed by atoms with Gasteiger partial charge in [-0.25, -0.2) is 13.9 Å². The molecule has 6 heteroatoms. The Hall–Kier alpha value is -2.14. The number of fused-ring (bicyclic) bond motifs is 1. The van der Waals surface area contributed by atoms with Crippen LogP contribution in [0.3, 0.4) is 0 Å². The van der Waals surface area contributed by atoms with E-state index < -0.39 is 0 Å². The van der Waals surface area contributed by atoms with Crippen molar-refractivity contribution in [3.8, 4) is 11.3 Å². The Bertz CT molecular complexity index is 869. The molecule has 3 aromatic rings. The van der Waals surface area contributed by atoms with Gasteiger partial charge in [-0.1, -0.05) is 12.1 Å². The molecule has 0 saturated heterocycles. The first-order valence-electron chi connectivity index (χ1n) is 6.53. The number of rotatable bonds is 3. The Labute approximate surface area is 125 Å². The van der Waals surface area contributed by atoms with Crippen LogP contribution in [0.4, 0.5) is 4.39 Å². The highest BCUT2D eigenvalue weighted by molar-refractivity contribution is 6.18. The Kier molecular flexibility index (Phi) is 3.51. The lowest BCUT2D eigenvalue weighted by Gasteiger charge is -2.02. The lowest BCUT2D eigenvalue weighted by molar-refractivity contribution is 0.628. The van der Waals surface area contributed by atoms with Gasteiger partial charge in [0.2, 0.25) is 0 Å². The summed E-state index contributed by atoms with van der Waals surface area (Å²) in [7, 11) is 0. The highest BCUT2D eigenvalue weighted by Gasteiger charge is 2.12. The summed E-state index contributed by atoms with van der Waals surface area (Å²) in [5.74, 6) is 0.0341. The van der Waals surface area contributed by atoms with Crippen LogP contribution in [0.1, 0.15) is 11.3 Å². The van der Waals surface area contributed by atoms with Gasteiger partial charge in [0.25, 0.3) is 5.56 Å². The van der Waals surface area contributed by atoms with E-state index in [1.165, 1.54) is 16.6 Å². The van der Waals surface area contributed by atoms with E-state index in [0.29, 0.717) is 40.5 Å². The second kappa shape index (κ2) is 5.33. The van der Waals surface area contributed by atoms with Crippen molar-refractivity contribution in [2.45, 2.75) is 13.3 Å². The molecule has 0 aliphatic rings. The lowest BCUT2D eigenvalue weighted by atomic mass is 10.1. The van der Waals surface area contributed by atoms with Gasteiger partial charge in [0, 0.05) is 28.8 Å². The molecule has 0 amide bonds. The summed E-state index contributed by atoms with van der Waals surface area (Å²) in [5, 5.41) is 2.97. The average molecular weight is 306 g/mol. The van der Waals surface area contributed by atoms with Crippen LogP contribution in [0.15, 0.2) is 35.1 Å². The van der Waals surface area contributed by atoms with Gasteiger partial charge in [-0.3, -0.25) is 9.89 Å². The topological polar surface area (TPSA) is 50.2 Å². The quantitative estimate of drug-likeness (QED) is 0.756. The summed E-state index contributed by atoms with van der Waals surface area (Å²) in [6.45, 7) is 1.79. The summed E-state index contributed by atoms with van der Waals surface area (Å²) >= 11 is 5.72. The molecule has 0 aliphatic carbocycles. The molecule has 0 fully saturated rings. The molecule has 108 valence electrons. The van der Waals surface area contributed by atoms with E-state index in [9.17, 15) is 9.18 Å². The van der Waals surface area contributed by atoms with Gasteiger partial charge in [0.15, 0.2) is 5.65 Å². The zero-order valence-electron chi connectivity index (χ0n) is 11.4. The third-order valence-corrected chi connectivity index (χ3v) is 3.58. The van der Waals surface area contributed by atoms with Gasteiger partial charge in [-0.2, -0.15) is 0 Å². The maximum atomic E-state index is 13.3. The van der Waals surface area contributed by atoms with E-state index in [0.717, 1.165) is 0 Å². The van der Waals surface area contributed by atoms with Crippen molar-refractivity contribution in [1.29, 1.82) is 0 Å². The highest BCUT2D eigenvalue weighted by atomic mass is 35.5. The van der Waals surface area contributed by atoms with Gasteiger partial charge in [0.05, 0.1) is 5.69 Å². The van der Waals surface area contributed by atoms with E-state index >= 15 is 0 Å². The second-order valence-electron chi connectivity index (χ2n) is 4.79. The van der Waals surface area contributed by atoms with E-state index in [1.54, 1.807) is 25.1 Å². The smallest absolute Gasteiger partial charge is 0.276 e. The van der Waals surface area contributed by atoms with Crippen LogP contribution >= 0.6 is 11.6 Å². The van der Waals surface area contributed by atoms with Crippen LogP contribution in [0.2, 0.25) is 0 Å². The van der Waals surface area contributed by atoms with Crippen LogP contribution < -0.4 is 5.56 Å². The molecule has 21 heavy (non-hydrogen) atoms. The molecule has 0 spiro atoms. The maximum Gasteiger partial charge on any atom is 0.276 e. The van der Waals surface area contributed by atoms with Crippen molar-refractivity contribution >= 4 is 17.2 Å². The van der Waals surface area contributed by atoms with Gasteiger partial charge < -0.3 is 0 Å². The van der Waals surface area contributed by atoms with E-state index in [4.69, 9.17) is 11.6 Å². The molecule has 0 radical (unpaired) electrons. The van der Waals surface area contributed by atoms with Crippen LogP contribution in [0.25, 0.3) is 16.9 Å². The molecule has 0 unspecified atom stereocenters. The molecule has 0 saturated carbocycles. The number of H-pyrrole nitrogens is 1. The average Bonchev–Trinajstić information content (AvgIpc) is 2.87. The monoisotopic (exact) mass is 305 g/mol. The number of hydrogen-bond acceptors (Lipinski definition) is 2. The summed E-state index contributed by atoms with van der Waals surface area (Å²) in [6, 6.07) is 7.90. The number of nitrogens with one attached hydrogen (secondary N) is 1. The summed E-state index contributed by atoms with van der Waals surface area (Å²) < 4.78 is 14.7. The summed E-state index contributed by atoms with van der Waals surface area (Å²) in [4.78, 5) is 16.8. The molecule has 2 aromatic heterocycles. The Morgan fingerprint density at radius 2 is 2.19 bits per heavy atom. The summed E-state index contributed by atoms with van der Waals surface area (Å²) in [6.07, 6.45) is 0.469. The third-order valence-electron chi connectivity index (χ3n) is 3.40. The fraction of sp³-hybridized carbons (Fsp3) is 0.200. The van der Waals surface area contributed by atoms with Gasteiger partial charge in [-0.05, 0) is 25.5 Å². The molecule has 0 aliphatic heterocycles. The predicted molar refractivity (Wildman–Crippen MR) is 80.4 cm³/mol. The van der Waals surface area contributed by atoms with Gasteiger partial charge in [-0.15, -0.1) is 11.6 Å². The van der Waals surface area contributed by atoms with Crippen molar-refractivity contribution in [1.82, 2.24) is 14.6 Å². The molecular formula is C15H13ClFN3O. The highest BCUT2D eigenvalue weighted by Crippen LogP contribution is 2.19. The largest absolute Gasteiger partial charge is 0.289 e. The number of aromatic nitrogens is 3. The van der Waals surface area contributed by atoms with E-state index in [1.807, 2.05) is 0 Å². The van der Waals surface area contributed by atoms with E-state index in [2.05, 4.69) is 10.1 Å². The van der Waals surface area contributed by atoms with Crippen molar-refractivity contribution in [2.24, 2.45) is 0 Å². The molecule has 1 aromatic carbocycles. The van der Waals surface area contributed by atoms with E-state index in [-0.39, 0.29) is 11.4 Å². The number of benzene rings is 1. The number of nitrogens with zero attached hydrogens (tertiary/aromatic N) is 2. The zero-order valence-corrected chi connectivity index (χ0v) is 12.1. The first-order chi connectivity index (χ1) is 10.1. The molecule has 3 rings (SSSR count). The third kappa shape index (κ3) is 2.45. The Balaban J connectivity index is 2.21. The molecule has 1 N–H and O–H groups in total. The van der Waals surface area contributed by atoms with Gasteiger partial charge in [0.1, 0.15) is 5.82 Å². The van der Waals surface area contributed by atoms with Crippen molar-refractivity contribution in [3.63, 3.8) is 0 Å². The molecule has 4 nitrogen and oxygen atoms in total. The first kappa shape index (κ1) is 13.8. The minimum absolute atomic E-state index is 0.166. The van der Waals surface area contributed by atoms with Gasteiger partial charge >= 0.3 is 0 Å². The van der Waals surface area contributed by atoms with Crippen molar-refractivity contribution in [3.05, 3.63) is 57.8 Å². The summed E-state index contributed by atoms with van der Waals surface area (Å²) in [5.41, 5.74) is 2.91. The number of halogens is 2. The number of aromatic amines is 1. The fourth-order valence-corrected chi connectivity index (χ4v) is 2.54. The minimum Gasteiger partial charge on any atom is -0.289 e. The minimum atomic E-state index is -0.328. The SMILES string of the molecule is Cc1nc2cc(-c3cccc(F)c3)[nH]n2c(=O)c1CCCl. The standard InChI is InChI=1S/C15H13ClFN3O/c1-9-12(5-6-16)15(21)20-14(18-9)8-13(19-20)10-3-2-4-11(17)7-10/h2-4,7-8,19H,5-6H2,1H3. The Morgan fingerprint density at radius 3 is 2.90 bits per heavy atom. The second-order valence-corrected chi connectivity index (χ2v) is 5.17. The number of aryl methyl sites for hydroxylation is 1. The zero-order chi connectivity index (χ0) is 15.0. The number of hydrogen-bond donors (Lipinski definition) is 1. The maximum absolute atomic E-state index is 13.3. The first-order valence-corrected chi connectivity index (χ1v) is 7.07. The predicted octanol–water partition coefficient (Wildman–Crippen LogP) is 2.92. The molecule has 0 bridgehead atoms. The van der Waals surface area contributed by atoms with Crippen LogP contribution in [-0.2, 0) is 6.42 Å². The van der Waals surface area contributed by atoms with Crippen LogP contribution in [-0.4, -0.2) is 20.5 Å². The fourth-order valence-electron chi connectivity index (χ4n) is 2.36. The molecule has 2 heterocycles. The van der Waals surface area contributed by atoms with Crippen molar-refractivity contribution in [2.75, 3.05) is 5.88 Å². The van der Waals surface area contributed by atoms with Crippen molar-refractivity contribution < 1.29 is 4.39 Å².